The summed E-state index contributed by atoms with van der Waals surface area (Å²) in [6, 6.07) is 10.2. The molecule has 0 bridgehead atoms. The lowest BCUT2D eigenvalue weighted by Gasteiger charge is -2.08. The number of aryl methyl sites for hydroxylation is 1. The molecule has 0 radical (unpaired) electrons. The Morgan fingerprint density at radius 2 is 2.15 bits per heavy atom. The summed E-state index contributed by atoms with van der Waals surface area (Å²) in [7, 11) is 0. The number of rotatable bonds is 1. The molecule has 0 amide bonds. The highest BCUT2D eigenvalue weighted by Crippen LogP contribution is 2.46. The third kappa shape index (κ3) is 1.13. The van der Waals surface area contributed by atoms with Crippen LogP contribution in [0.3, 0.4) is 0 Å². The molecule has 1 aliphatic rings. The second-order valence-corrected chi connectivity index (χ2v) is 3.55. The molecule has 1 heterocycles. The largest absolute Gasteiger partial charge is 0.345 e. The lowest BCUT2D eigenvalue weighted by atomic mass is 9.94. The highest BCUT2D eigenvalue weighted by Gasteiger charge is 2.54. The van der Waals surface area contributed by atoms with E-state index in [1.165, 1.54) is 5.56 Å². The summed E-state index contributed by atoms with van der Waals surface area (Å²) in [5.41, 5.74) is 1.95. The van der Waals surface area contributed by atoms with Crippen molar-refractivity contribution in [3.63, 3.8) is 0 Å². The molecule has 0 saturated carbocycles. The monoisotopic (exact) mass is 173 g/mol. The standard InChI is InChI=1S/C11H11NO/c1-8-5-3-4-6-9(8)11(2)10(7-12)13-11/h3-6,10H,1-2H3. The van der Waals surface area contributed by atoms with Crippen molar-refractivity contribution in [2.75, 3.05) is 0 Å². The zero-order valence-corrected chi connectivity index (χ0v) is 7.74. The van der Waals surface area contributed by atoms with E-state index >= 15 is 0 Å². The lowest BCUT2D eigenvalue weighted by molar-refractivity contribution is 0.321. The molecule has 0 spiro atoms. The van der Waals surface area contributed by atoms with E-state index in [1.807, 2.05) is 38.1 Å². The Bertz CT molecular complexity index is 380. The molecule has 2 atom stereocenters. The van der Waals surface area contributed by atoms with E-state index in [2.05, 4.69) is 6.07 Å². The molecule has 1 aliphatic heterocycles. The van der Waals surface area contributed by atoms with Crippen molar-refractivity contribution >= 4 is 0 Å². The Balaban J connectivity index is 2.39. The second kappa shape index (κ2) is 2.58. The van der Waals surface area contributed by atoms with Gasteiger partial charge >= 0.3 is 0 Å². The molecule has 2 heteroatoms. The first-order chi connectivity index (χ1) is 6.18. The molecule has 2 nitrogen and oxygen atoms in total. The first-order valence-corrected chi connectivity index (χ1v) is 4.32. The fourth-order valence-electron chi connectivity index (χ4n) is 1.69. The maximum absolute atomic E-state index is 8.72. The number of nitriles is 1. The lowest BCUT2D eigenvalue weighted by Crippen LogP contribution is -2.08. The molecule has 13 heavy (non-hydrogen) atoms. The zero-order valence-electron chi connectivity index (χ0n) is 7.74. The van der Waals surface area contributed by atoms with Crippen LogP contribution in [0.15, 0.2) is 24.3 Å². The van der Waals surface area contributed by atoms with Gasteiger partial charge in [0.2, 0.25) is 0 Å². The van der Waals surface area contributed by atoms with Gasteiger partial charge in [-0.15, -0.1) is 0 Å². The van der Waals surface area contributed by atoms with Crippen molar-refractivity contribution in [2.45, 2.75) is 25.6 Å². The molecule has 0 N–H and O–H groups in total. The maximum Gasteiger partial charge on any atom is 0.178 e. The average molecular weight is 173 g/mol. The minimum atomic E-state index is -0.361. The topological polar surface area (TPSA) is 36.3 Å². The fraction of sp³-hybridized carbons (Fsp3) is 0.364. The number of epoxide rings is 1. The Morgan fingerprint density at radius 1 is 1.46 bits per heavy atom. The van der Waals surface area contributed by atoms with Crippen molar-refractivity contribution < 1.29 is 4.74 Å². The molecule has 1 saturated heterocycles. The van der Waals surface area contributed by atoms with Crippen LogP contribution in [0.2, 0.25) is 0 Å². The summed E-state index contributed by atoms with van der Waals surface area (Å²) in [6.45, 7) is 4.00. The van der Waals surface area contributed by atoms with E-state index in [1.54, 1.807) is 0 Å². The zero-order chi connectivity index (χ0) is 9.47. The predicted octanol–water partition coefficient (Wildman–Crippen LogP) is 2.13. The average Bonchev–Trinajstić information content (AvgIpc) is 2.79. The van der Waals surface area contributed by atoms with Crippen LogP contribution in [0.1, 0.15) is 18.1 Å². The molecule has 0 aliphatic carbocycles. The van der Waals surface area contributed by atoms with Crippen molar-refractivity contribution in [3.8, 4) is 6.07 Å². The summed E-state index contributed by atoms with van der Waals surface area (Å²) in [6.07, 6.45) is -0.270. The molecular formula is C11H11NO. The van der Waals surface area contributed by atoms with E-state index in [0.29, 0.717) is 0 Å². The number of hydrogen-bond donors (Lipinski definition) is 0. The van der Waals surface area contributed by atoms with Gasteiger partial charge in [0.1, 0.15) is 5.60 Å². The number of ether oxygens (including phenoxy) is 1. The van der Waals surface area contributed by atoms with E-state index in [4.69, 9.17) is 10.00 Å². The Morgan fingerprint density at radius 3 is 2.69 bits per heavy atom. The van der Waals surface area contributed by atoms with Crippen LogP contribution in [-0.4, -0.2) is 6.10 Å². The van der Waals surface area contributed by atoms with Crippen LogP contribution in [0.5, 0.6) is 0 Å². The summed E-state index contributed by atoms with van der Waals surface area (Å²) in [5.74, 6) is 0. The van der Waals surface area contributed by atoms with Crippen LogP contribution >= 0.6 is 0 Å². The smallest absolute Gasteiger partial charge is 0.178 e. The third-order valence-corrected chi connectivity index (χ3v) is 2.60. The highest BCUT2D eigenvalue weighted by molar-refractivity contribution is 5.37. The van der Waals surface area contributed by atoms with Gasteiger partial charge in [0.25, 0.3) is 0 Å². The number of nitrogens with zero attached hydrogens (tertiary/aromatic N) is 1. The number of hydrogen-bond acceptors (Lipinski definition) is 2. The van der Waals surface area contributed by atoms with Gasteiger partial charge in [-0.25, -0.2) is 0 Å². The van der Waals surface area contributed by atoms with Crippen molar-refractivity contribution in [3.05, 3.63) is 35.4 Å². The summed E-state index contributed by atoms with van der Waals surface area (Å²) in [4.78, 5) is 0. The molecule has 1 aromatic rings. The molecule has 2 rings (SSSR count). The fourth-order valence-corrected chi connectivity index (χ4v) is 1.69. The van der Waals surface area contributed by atoms with Crippen LogP contribution < -0.4 is 0 Å². The van der Waals surface area contributed by atoms with Crippen molar-refractivity contribution in [1.82, 2.24) is 0 Å². The van der Waals surface area contributed by atoms with E-state index in [9.17, 15) is 0 Å². The Hall–Kier alpha value is -1.33. The molecule has 1 fully saturated rings. The summed E-state index contributed by atoms with van der Waals surface area (Å²) >= 11 is 0. The molecule has 66 valence electrons. The van der Waals surface area contributed by atoms with Gasteiger partial charge in [0.15, 0.2) is 6.10 Å². The van der Waals surface area contributed by atoms with Gasteiger partial charge in [-0.1, -0.05) is 24.3 Å². The van der Waals surface area contributed by atoms with Crippen LogP contribution in [-0.2, 0) is 10.3 Å². The molecular weight excluding hydrogens is 162 g/mol. The van der Waals surface area contributed by atoms with Crippen molar-refractivity contribution in [1.29, 1.82) is 5.26 Å². The van der Waals surface area contributed by atoms with Gasteiger partial charge < -0.3 is 4.74 Å². The predicted molar refractivity (Wildman–Crippen MR) is 49.0 cm³/mol. The van der Waals surface area contributed by atoms with Crippen LogP contribution in [0.4, 0.5) is 0 Å². The summed E-state index contributed by atoms with van der Waals surface area (Å²) < 4.78 is 5.36. The first-order valence-electron chi connectivity index (χ1n) is 4.32. The van der Waals surface area contributed by atoms with Gasteiger partial charge in [0, 0.05) is 0 Å². The minimum Gasteiger partial charge on any atom is -0.345 e. The maximum atomic E-state index is 8.72. The first kappa shape index (κ1) is 8.28. The summed E-state index contributed by atoms with van der Waals surface area (Å²) in [5, 5.41) is 8.72. The minimum absolute atomic E-state index is 0.270. The van der Waals surface area contributed by atoms with E-state index < -0.39 is 0 Å². The normalized spacial score (nSPS) is 31.0. The van der Waals surface area contributed by atoms with E-state index in [-0.39, 0.29) is 11.7 Å². The highest BCUT2D eigenvalue weighted by atomic mass is 16.6. The molecule has 0 aromatic heterocycles. The Kier molecular flexibility index (Phi) is 1.64. The van der Waals surface area contributed by atoms with Crippen molar-refractivity contribution in [2.24, 2.45) is 0 Å². The number of benzene rings is 1. The quantitative estimate of drug-likeness (QED) is 0.610. The van der Waals surface area contributed by atoms with E-state index in [0.717, 1.165) is 5.56 Å². The van der Waals surface area contributed by atoms with Crippen LogP contribution in [0.25, 0.3) is 0 Å². The van der Waals surface area contributed by atoms with Gasteiger partial charge in [-0.05, 0) is 25.0 Å². The Labute approximate surface area is 77.8 Å². The van der Waals surface area contributed by atoms with Gasteiger partial charge in [-0.3, -0.25) is 0 Å². The van der Waals surface area contributed by atoms with Gasteiger partial charge in [-0.2, -0.15) is 5.26 Å². The SMILES string of the molecule is Cc1ccccc1C1(C)OC1C#N. The van der Waals surface area contributed by atoms with Crippen LogP contribution in [0, 0.1) is 18.3 Å². The third-order valence-electron chi connectivity index (χ3n) is 2.60. The molecule has 1 aromatic carbocycles. The second-order valence-electron chi connectivity index (χ2n) is 3.55. The molecule has 2 unspecified atom stereocenters. The van der Waals surface area contributed by atoms with Gasteiger partial charge in [0.05, 0.1) is 6.07 Å².